The Balaban J connectivity index is 1.68. The lowest BCUT2D eigenvalue weighted by Gasteiger charge is -2.11. The molecule has 1 atom stereocenters. The Morgan fingerprint density at radius 1 is 1.29 bits per heavy atom. The number of hydrogen-bond acceptors (Lipinski definition) is 4. The number of rotatable bonds is 5. The van der Waals surface area contributed by atoms with Crippen molar-refractivity contribution in [2.24, 2.45) is 0 Å². The van der Waals surface area contributed by atoms with Crippen molar-refractivity contribution in [3.8, 4) is 11.5 Å². The highest BCUT2D eigenvalue weighted by Gasteiger charge is 2.21. The molecule has 0 spiro atoms. The van der Waals surface area contributed by atoms with Crippen LogP contribution in [0.1, 0.15) is 29.6 Å². The highest BCUT2D eigenvalue weighted by molar-refractivity contribution is 5.48. The number of fused-ring (bicyclic) bond motifs is 1. The van der Waals surface area contributed by atoms with Crippen LogP contribution in [0, 0.1) is 6.92 Å². The predicted molar refractivity (Wildman–Crippen MR) is 80.8 cm³/mol. The zero-order chi connectivity index (χ0) is 14.8. The molecular formula is C17H21NO3. The standard InChI is InChI=1S/C17H21NO3/c1-11-4-5-15(20-11)10-18-9-14-8-17-13(6-12(2)21-17)7-16(14)19-3/h4-5,7-8,12,18H,6,9-10H2,1-3H3. The fourth-order valence-electron chi connectivity index (χ4n) is 2.71. The van der Waals surface area contributed by atoms with Gasteiger partial charge in [-0.05, 0) is 38.1 Å². The molecule has 1 aromatic heterocycles. The van der Waals surface area contributed by atoms with Crippen LogP contribution >= 0.6 is 0 Å². The summed E-state index contributed by atoms with van der Waals surface area (Å²) in [5.41, 5.74) is 2.33. The molecule has 0 radical (unpaired) electrons. The van der Waals surface area contributed by atoms with E-state index < -0.39 is 0 Å². The van der Waals surface area contributed by atoms with Crippen molar-refractivity contribution in [2.45, 2.75) is 39.5 Å². The average Bonchev–Trinajstić information content (AvgIpc) is 3.02. The number of hydrogen-bond donors (Lipinski definition) is 1. The van der Waals surface area contributed by atoms with Crippen molar-refractivity contribution in [1.82, 2.24) is 5.32 Å². The van der Waals surface area contributed by atoms with E-state index in [1.807, 2.05) is 19.1 Å². The van der Waals surface area contributed by atoms with E-state index in [0.717, 1.165) is 35.0 Å². The molecule has 4 nitrogen and oxygen atoms in total. The van der Waals surface area contributed by atoms with Gasteiger partial charge in [0, 0.05) is 24.1 Å². The van der Waals surface area contributed by atoms with E-state index in [1.165, 1.54) is 5.56 Å². The second kappa shape index (κ2) is 5.82. The van der Waals surface area contributed by atoms with Crippen LogP contribution in [0.4, 0.5) is 0 Å². The Bertz CT molecular complexity index is 633. The van der Waals surface area contributed by atoms with Gasteiger partial charge in [-0.2, -0.15) is 0 Å². The fraction of sp³-hybridized carbons (Fsp3) is 0.412. The molecule has 0 saturated heterocycles. The van der Waals surface area contributed by atoms with Crippen molar-refractivity contribution < 1.29 is 13.9 Å². The first-order valence-corrected chi connectivity index (χ1v) is 7.28. The summed E-state index contributed by atoms with van der Waals surface area (Å²) < 4.78 is 16.9. The number of aryl methyl sites for hydroxylation is 1. The summed E-state index contributed by atoms with van der Waals surface area (Å²) in [4.78, 5) is 0. The van der Waals surface area contributed by atoms with Crippen LogP contribution in [-0.4, -0.2) is 13.2 Å². The summed E-state index contributed by atoms with van der Waals surface area (Å²) in [5.74, 6) is 3.77. The monoisotopic (exact) mass is 287 g/mol. The van der Waals surface area contributed by atoms with Gasteiger partial charge in [0.2, 0.25) is 0 Å². The molecule has 2 aromatic rings. The van der Waals surface area contributed by atoms with Crippen molar-refractivity contribution in [3.63, 3.8) is 0 Å². The fourth-order valence-corrected chi connectivity index (χ4v) is 2.71. The molecule has 3 rings (SSSR count). The molecular weight excluding hydrogens is 266 g/mol. The highest BCUT2D eigenvalue weighted by Crippen LogP contribution is 2.34. The molecule has 1 aromatic carbocycles. The van der Waals surface area contributed by atoms with Gasteiger partial charge >= 0.3 is 0 Å². The third-order valence-corrected chi connectivity index (χ3v) is 3.71. The van der Waals surface area contributed by atoms with Crippen LogP contribution in [0.3, 0.4) is 0 Å². The van der Waals surface area contributed by atoms with Crippen molar-refractivity contribution in [1.29, 1.82) is 0 Å². The lowest BCUT2D eigenvalue weighted by Crippen LogP contribution is -2.13. The highest BCUT2D eigenvalue weighted by atomic mass is 16.5. The lowest BCUT2D eigenvalue weighted by molar-refractivity contribution is 0.254. The number of methoxy groups -OCH3 is 1. The van der Waals surface area contributed by atoms with Gasteiger partial charge in [0.05, 0.1) is 13.7 Å². The maximum Gasteiger partial charge on any atom is 0.123 e. The number of furan rings is 1. The zero-order valence-electron chi connectivity index (χ0n) is 12.7. The molecule has 0 bridgehead atoms. The Kier molecular flexibility index (Phi) is 3.88. The number of nitrogens with one attached hydrogen (secondary N) is 1. The van der Waals surface area contributed by atoms with E-state index in [9.17, 15) is 0 Å². The third kappa shape index (κ3) is 3.05. The molecule has 112 valence electrons. The Morgan fingerprint density at radius 3 is 2.86 bits per heavy atom. The van der Waals surface area contributed by atoms with Crippen LogP contribution in [0.25, 0.3) is 0 Å². The summed E-state index contributed by atoms with van der Waals surface area (Å²) in [6.45, 7) is 5.45. The Hall–Kier alpha value is -1.94. The van der Waals surface area contributed by atoms with Crippen LogP contribution < -0.4 is 14.8 Å². The van der Waals surface area contributed by atoms with Crippen LogP contribution in [0.15, 0.2) is 28.7 Å². The maximum absolute atomic E-state index is 5.81. The van der Waals surface area contributed by atoms with Crippen molar-refractivity contribution >= 4 is 0 Å². The van der Waals surface area contributed by atoms with E-state index in [1.54, 1.807) is 7.11 Å². The van der Waals surface area contributed by atoms with Crippen molar-refractivity contribution in [3.05, 3.63) is 46.9 Å². The Labute approximate surface area is 125 Å². The second-order valence-corrected chi connectivity index (χ2v) is 5.52. The number of ether oxygens (including phenoxy) is 2. The normalized spacial score (nSPS) is 16.6. The van der Waals surface area contributed by atoms with Crippen LogP contribution in [0.2, 0.25) is 0 Å². The van der Waals surface area contributed by atoms with Gasteiger partial charge in [0.15, 0.2) is 0 Å². The SMILES string of the molecule is COc1cc2c(cc1CNCc1ccc(C)o1)OC(C)C2. The van der Waals surface area contributed by atoms with Gasteiger partial charge < -0.3 is 19.2 Å². The molecule has 1 unspecified atom stereocenters. The van der Waals surface area contributed by atoms with Crippen molar-refractivity contribution in [2.75, 3.05) is 7.11 Å². The minimum Gasteiger partial charge on any atom is -0.496 e. The average molecular weight is 287 g/mol. The largest absolute Gasteiger partial charge is 0.496 e. The molecule has 4 heteroatoms. The first kappa shape index (κ1) is 14.0. The van der Waals surface area contributed by atoms with Gasteiger partial charge in [-0.15, -0.1) is 0 Å². The van der Waals surface area contributed by atoms with Gasteiger partial charge in [-0.25, -0.2) is 0 Å². The summed E-state index contributed by atoms with van der Waals surface area (Å²) in [7, 11) is 1.71. The first-order chi connectivity index (χ1) is 10.2. The second-order valence-electron chi connectivity index (χ2n) is 5.52. The smallest absolute Gasteiger partial charge is 0.123 e. The van der Waals surface area contributed by atoms with Gasteiger partial charge in [0.25, 0.3) is 0 Å². The lowest BCUT2D eigenvalue weighted by atomic mass is 10.1. The molecule has 2 heterocycles. The molecule has 0 aliphatic carbocycles. The molecule has 1 N–H and O–H groups in total. The summed E-state index contributed by atoms with van der Waals surface area (Å²) in [5, 5.41) is 3.38. The molecule has 1 aliphatic rings. The van der Waals surface area contributed by atoms with Gasteiger partial charge in [-0.1, -0.05) is 0 Å². The van der Waals surface area contributed by atoms with E-state index in [0.29, 0.717) is 13.1 Å². The predicted octanol–water partition coefficient (Wildman–Crippen LogP) is 3.21. The van der Waals surface area contributed by atoms with E-state index in [2.05, 4.69) is 24.4 Å². The third-order valence-electron chi connectivity index (χ3n) is 3.71. The first-order valence-electron chi connectivity index (χ1n) is 7.28. The summed E-state index contributed by atoms with van der Waals surface area (Å²) >= 11 is 0. The van der Waals surface area contributed by atoms with Crippen LogP contribution in [0.5, 0.6) is 11.5 Å². The van der Waals surface area contributed by atoms with E-state index in [4.69, 9.17) is 13.9 Å². The Morgan fingerprint density at radius 2 is 2.14 bits per heavy atom. The molecule has 0 amide bonds. The van der Waals surface area contributed by atoms with E-state index in [-0.39, 0.29) is 6.10 Å². The van der Waals surface area contributed by atoms with Crippen LogP contribution in [-0.2, 0) is 19.5 Å². The van der Waals surface area contributed by atoms with Gasteiger partial charge in [0.1, 0.15) is 29.1 Å². The summed E-state index contributed by atoms with van der Waals surface area (Å²) in [6.07, 6.45) is 1.20. The quantitative estimate of drug-likeness (QED) is 0.917. The minimum atomic E-state index is 0.249. The maximum atomic E-state index is 5.81. The van der Waals surface area contributed by atoms with Gasteiger partial charge in [-0.3, -0.25) is 0 Å². The zero-order valence-corrected chi connectivity index (χ0v) is 12.7. The topological polar surface area (TPSA) is 43.6 Å². The van der Waals surface area contributed by atoms with E-state index >= 15 is 0 Å². The molecule has 0 fully saturated rings. The molecule has 0 saturated carbocycles. The molecule has 1 aliphatic heterocycles. The summed E-state index contributed by atoms with van der Waals surface area (Å²) in [6, 6.07) is 8.14. The number of benzene rings is 1. The minimum absolute atomic E-state index is 0.249. The molecule has 21 heavy (non-hydrogen) atoms.